The lowest BCUT2D eigenvalue weighted by Gasteiger charge is -2.27. The Kier molecular flexibility index (Phi) is 12.3. The van der Waals surface area contributed by atoms with E-state index in [2.05, 4.69) is 42.4 Å². The number of fused-ring (bicyclic) bond motifs is 2. The van der Waals surface area contributed by atoms with Crippen molar-refractivity contribution in [3.05, 3.63) is 71.2 Å². The van der Waals surface area contributed by atoms with Gasteiger partial charge in [0.05, 0.1) is 79.8 Å². The second-order valence-electron chi connectivity index (χ2n) is 13.9. The zero-order valence-corrected chi connectivity index (χ0v) is 31.5. The van der Waals surface area contributed by atoms with Crippen molar-refractivity contribution < 1.29 is 42.6 Å². The number of anilines is 2. The van der Waals surface area contributed by atoms with Crippen molar-refractivity contribution in [3.8, 4) is 11.9 Å². The second-order valence-corrected chi connectivity index (χ2v) is 13.9. The number of nitrogens with zero attached hydrogens (tertiary/aromatic N) is 6. The topological polar surface area (TPSA) is 232 Å². The Balaban J connectivity index is 0.789. The van der Waals surface area contributed by atoms with Gasteiger partial charge in [-0.2, -0.15) is 15.0 Å². The number of halogens is 1. The third-order valence-electron chi connectivity index (χ3n) is 9.80. The molecule has 4 N–H and O–H groups in total. The standard InChI is InChI=1S/C39H41FN10O8/c1-22(28(40)21-45-36(52)27-20-43-32(16-30(27)47-25-5-6-25)50-35-24(19-46-50)15-23(17-41)18-44-35)58-14-13-57-12-11-56-10-9-42-29-4-2-3-26-34(29)39(55)49(38(26)54)31-7-8-33(51)48-37(31)53/h2-4,15-16,18-20,22,25,28,31,42H,5-14,21H2,1H3,(H,43,47)(H,45,52)(H,48,51,53). The van der Waals surface area contributed by atoms with Gasteiger partial charge in [-0.1, -0.05) is 6.07 Å². The van der Waals surface area contributed by atoms with E-state index in [-0.39, 0.29) is 75.2 Å². The molecule has 302 valence electrons. The van der Waals surface area contributed by atoms with E-state index in [0.717, 1.165) is 17.7 Å². The van der Waals surface area contributed by atoms with Gasteiger partial charge in [-0.3, -0.25) is 34.2 Å². The normalized spacial score (nSPS) is 17.5. The van der Waals surface area contributed by atoms with Crippen LogP contribution in [0.3, 0.4) is 0 Å². The minimum atomic E-state index is -1.49. The van der Waals surface area contributed by atoms with Crippen LogP contribution in [0.15, 0.2) is 48.9 Å². The Morgan fingerprint density at radius 1 is 1.00 bits per heavy atom. The second kappa shape index (κ2) is 17.8. The average molecular weight is 797 g/mol. The first kappa shape index (κ1) is 39.9. The van der Waals surface area contributed by atoms with Crippen molar-refractivity contribution in [1.29, 1.82) is 5.26 Å². The number of hydrogen-bond acceptors (Lipinski definition) is 14. The highest BCUT2D eigenvalue weighted by molar-refractivity contribution is 6.25. The van der Waals surface area contributed by atoms with Crippen molar-refractivity contribution in [2.75, 3.05) is 56.8 Å². The van der Waals surface area contributed by atoms with Crippen molar-refractivity contribution in [1.82, 2.24) is 35.3 Å². The van der Waals surface area contributed by atoms with Gasteiger partial charge in [0, 0.05) is 48.5 Å². The molecule has 0 bridgehead atoms. The summed E-state index contributed by atoms with van der Waals surface area (Å²) in [7, 11) is 0. The van der Waals surface area contributed by atoms with Gasteiger partial charge in [0.2, 0.25) is 11.8 Å². The summed E-state index contributed by atoms with van der Waals surface area (Å²) in [5.41, 5.74) is 2.49. The van der Waals surface area contributed by atoms with Crippen molar-refractivity contribution in [2.24, 2.45) is 0 Å². The number of pyridine rings is 2. The summed E-state index contributed by atoms with van der Waals surface area (Å²) in [5.74, 6) is -2.36. The van der Waals surface area contributed by atoms with E-state index in [1.54, 1.807) is 37.4 Å². The molecule has 4 aromatic rings. The number of amides is 5. The number of hydrogen-bond donors (Lipinski definition) is 4. The first-order valence-corrected chi connectivity index (χ1v) is 18.9. The van der Waals surface area contributed by atoms with E-state index >= 15 is 4.39 Å². The van der Waals surface area contributed by atoms with E-state index in [1.807, 2.05) is 0 Å². The molecule has 3 aliphatic rings. The third kappa shape index (κ3) is 8.94. The lowest BCUT2D eigenvalue weighted by Crippen LogP contribution is -2.54. The van der Waals surface area contributed by atoms with E-state index in [9.17, 15) is 29.2 Å². The Hall–Kier alpha value is -6.36. The minimum absolute atomic E-state index is 0.0386. The highest BCUT2D eigenvalue weighted by Gasteiger charge is 2.45. The molecular weight excluding hydrogens is 755 g/mol. The van der Waals surface area contributed by atoms with Crippen LogP contribution in [-0.4, -0.2) is 125 Å². The fourth-order valence-corrected chi connectivity index (χ4v) is 6.55. The number of rotatable bonds is 19. The molecule has 58 heavy (non-hydrogen) atoms. The molecule has 1 aromatic carbocycles. The lowest BCUT2D eigenvalue weighted by molar-refractivity contribution is -0.136. The number of carbonyl (C=O) groups excluding carboxylic acids is 5. The van der Waals surface area contributed by atoms with Crippen LogP contribution in [0, 0.1) is 11.3 Å². The highest BCUT2D eigenvalue weighted by atomic mass is 19.1. The van der Waals surface area contributed by atoms with E-state index in [0.29, 0.717) is 40.3 Å². The number of carbonyl (C=O) groups is 5. The maximum absolute atomic E-state index is 15.0. The van der Waals surface area contributed by atoms with Crippen LogP contribution in [0.4, 0.5) is 15.8 Å². The van der Waals surface area contributed by atoms with Gasteiger partial charge in [-0.15, -0.1) is 0 Å². The number of benzene rings is 1. The van der Waals surface area contributed by atoms with Gasteiger partial charge in [0.15, 0.2) is 11.5 Å². The number of aromatic nitrogens is 4. The Morgan fingerprint density at radius 3 is 2.57 bits per heavy atom. The molecule has 5 heterocycles. The third-order valence-corrected chi connectivity index (χ3v) is 9.80. The van der Waals surface area contributed by atoms with Gasteiger partial charge < -0.3 is 30.2 Å². The predicted octanol–water partition coefficient (Wildman–Crippen LogP) is 2.28. The average Bonchev–Trinajstić information content (AvgIpc) is 3.88. The van der Waals surface area contributed by atoms with Crippen LogP contribution in [0.5, 0.6) is 0 Å². The lowest BCUT2D eigenvalue weighted by atomic mass is 10.0. The van der Waals surface area contributed by atoms with Crippen molar-refractivity contribution >= 4 is 51.9 Å². The van der Waals surface area contributed by atoms with Crippen LogP contribution in [0.2, 0.25) is 0 Å². The maximum atomic E-state index is 15.0. The summed E-state index contributed by atoms with van der Waals surface area (Å²) in [6.07, 6.45) is 4.17. The molecule has 1 aliphatic carbocycles. The zero-order valence-electron chi connectivity index (χ0n) is 31.5. The number of nitrogens with one attached hydrogen (secondary N) is 4. The molecule has 19 heteroatoms. The molecule has 3 aromatic heterocycles. The van der Waals surface area contributed by atoms with Crippen LogP contribution >= 0.6 is 0 Å². The van der Waals surface area contributed by atoms with E-state index < -0.39 is 47.9 Å². The van der Waals surface area contributed by atoms with Crippen LogP contribution in [0.25, 0.3) is 16.9 Å². The Morgan fingerprint density at radius 2 is 1.79 bits per heavy atom. The summed E-state index contributed by atoms with van der Waals surface area (Å²) >= 11 is 0. The molecule has 5 amide bonds. The molecule has 2 aliphatic heterocycles. The number of piperidine rings is 1. The molecule has 1 saturated heterocycles. The SMILES string of the molecule is CC(OCCOCCOCCNc1cccc2c1C(=O)N(C1CCC(=O)NC1=O)C2=O)C(F)CNC(=O)c1cnc(-n2ncc3cc(C#N)cnc32)cc1NC1CC1. The Bertz CT molecular complexity index is 2270. The quantitative estimate of drug-likeness (QED) is 0.0788. The summed E-state index contributed by atoms with van der Waals surface area (Å²) in [6.45, 7) is 2.69. The summed E-state index contributed by atoms with van der Waals surface area (Å²) in [4.78, 5) is 73.0. The maximum Gasteiger partial charge on any atom is 0.264 e. The summed E-state index contributed by atoms with van der Waals surface area (Å²) in [5, 5.41) is 25.5. The predicted molar refractivity (Wildman–Crippen MR) is 204 cm³/mol. The van der Waals surface area contributed by atoms with Gasteiger partial charge >= 0.3 is 0 Å². The van der Waals surface area contributed by atoms with Crippen LogP contribution in [0.1, 0.15) is 69.2 Å². The number of alkyl halides is 1. The Labute approximate surface area is 331 Å². The fraction of sp³-hybridized carbons (Fsp3) is 0.410. The van der Waals surface area contributed by atoms with Crippen molar-refractivity contribution in [3.63, 3.8) is 0 Å². The molecule has 18 nitrogen and oxygen atoms in total. The molecule has 0 radical (unpaired) electrons. The van der Waals surface area contributed by atoms with E-state index in [1.165, 1.54) is 23.1 Å². The van der Waals surface area contributed by atoms with Crippen LogP contribution < -0.4 is 21.3 Å². The molecule has 7 rings (SSSR count). The van der Waals surface area contributed by atoms with Gasteiger partial charge in [0.25, 0.3) is 17.7 Å². The largest absolute Gasteiger partial charge is 0.382 e. The van der Waals surface area contributed by atoms with E-state index in [4.69, 9.17) is 14.2 Å². The van der Waals surface area contributed by atoms with Crippen molar-refractivity contribution in [2.45, 2.75) is 57.0 Å². The molecule has 2 fully saturated rings. The molecule has 1 saturated carbocycles. The van der Waals surface area contributed by atoms with Gasteiger partial charge in [0.1, 0.15) is 18.3 Å². The number of ether oxygens (including phenoxy) is 3. The van der Waals surface area contributed by atoms with Gasteiger partial charge in [-0.25, -0.2) is 14.4 Å². The molecular formula is C39H41FN10O8. The number of imide groups is 2. The van der Waals surface area contributed by atoms with Gasteiger partial charge in [-0.05, 0) is 44.4 Å². The molecule has 0 spiro atoms. The first-order valence-electron chi connectivity index (χ1n) is 18.9. The monoisotopic (exact) mass is 796 g/mol. The highest BCUT2D eigenvalue weighted by Crippen LogP contribution is 2.32. The smallest absolute Gasteiger partial charge is 0.264 e. The van der Waals surface area contributed by atoms with Crippen LogP contribution in [-0.2, 0) is 23.8 Å². The summed E-state index contributed by atoms with van der Waals surface area (Å²) < 4.78 is 33.3. The minimum Gasteiger partial charge on any atom is -0.382 e. The number of nitriles is 1. The molecule has 3 unspecified atom stereocenters. The molecule has 3 atom stereocenters. The first-order chi connectivity index (χ1) is 28.1. The fourth-order valence-electron chi connectivity index (χ4n) is 6.55. The summed E-state index contributed by atoms with van der Waals surface area (Å²) in [6, 6.07) is 9.43. The zero-order chi connectivity index (χ0) is 40.8.